The highest BCUT2D eigenvalue weighted by molar-refractivity contribution is 9.10. The fraction of sp³-hybridized carbons (Fsp3) is 0.294. The van der Waals surface area contributed by atoms with Crippen LogP contribution in [0.3, 0.4) is 0 Å². The lowest BCUT2D eigenvalue weighted by atomic mass is 9.96. The Balaban J connectivity index is 1.61. The van der Waals surface area contributed by atoms with Gasteiger partial charge in [0.1, 0.15) is 5.82 Å². The molecule has 0 atom stereocenters. The van der Waals surface area contributed by atoms with E-state index in [1.807, 2.05) is 0 Å². The highest BCUT2D eigenvalue weighted by Gasteiger charge is 2.27. The molecule has 0 bridgehead atoms. The van der Waals surface area contributed by atoms with E-state index in [1.165, 1.54) is 4.52 Å². The van der Waals surface area contributed by atoms with Gasteiger partial charge in [-0.2, -0.15) is 4.52 Å². The van der Waals surface area contributed by atoms with Gasteiger partial charge in [0, 0.05) is 24.6 Å². The number of nitrogen functional groups attached to an aromatic ring is 1. The number of fused-ring (bicyclic) bond motifs is 1. The van der Waals surface area contributed by atoms with E-state index in [0.717, 1.165) is 0 Å². The molecule has 0 aromatic carbocycles. The number of hydrogen-bond donors (Lipinski definition) is 2. The lowest BCUT2D eigenvalue weighted by Crippen LogP contribution is -2.41. The van der Waals surface area contributed by atoms with Crippen LogP contribution in [0.5, 0.6) is 0 Å². The van der Waals surface area contributed by atoms with Gasteiger partial charge in [-0.3, -0.25) is 9.59 Å². The van der Waals surface area contributed by atoms with E-state index < -0.39 is 0 Å². The molecule has 0 radical (unpaired) electrons. The Hall–Kier alpha value is -2.88. The second kappa shape index (κ2) is 6.69. The first-order valence-corrected chi connectivity index (χ1v) is 9.22. The number of aromatic nitrogens is 3. The standard InChI is InChI=1S/C17H17BrN6O3/c18-12-2-1-11(27-12)16-21-14-8-10(7-13(19)24(14)22-16)17(26)23-5-3-9(4-6-23)15(20)25/h1-2,7-9H,3-6,19H2,(H2,20,25). The van der Waals surface area contributed by atoms with Crippen molar-refractivity contribution in [2.75, 3.05) is 18.8 Å². The molecule has 1 aliphatic rings. The summed E-state index contributed by atoms with van der Waals surface area (Å²) >= 11 is 3.24. The minimum atomic E-state index is -0.312. The monoisotopic (exact) mass is 432 g/mol. The Bertz CT molecular complexity index is 1030. The summed E-state index contributed by atoms with van der Waals surface area (Å²) in [5, 5.41) is 4.33. The van der Waals surface area contributed by atoms with Crippen molar-refractivity contribution in [3.05, 3.63) is 34.5 Å². The first-order valence-electron chi connectivity index (χ1n) is 8.43. The summed E-state index contributed by atoms with van der Waals surface area (Å²) < 4.78 is 7.50. The molecule has 3 aromatic heterocycles. The van der Waals surface area contributed by atoms with E-state index in [0.29, 0.717) is 59.2 Å². The molecule has 0 unspecified atom stereocenters. The largest absolute Gasteiger partial charge is 0.446 e. The summed E-state index contributed by atoms with van der Waals surface area (Å²) in [5.74, 6) is 0.525. The number of nitrogens with zero attached hydrogens (tertiary/aromatic N) is 4. The highest BCUT2D eigenvalue weighted by Crippen LogP contribution is 2.25. The number of hydrogen-bond acceptors (Lipinski definition) is 6. The zero-order valence-corrected chi connectivity index (χ0v) is 15.8. The van der Waals surface area contributed by atoms with Gasteiger partial charge in [-0.05, 0) is 53.0 Å². The number of primary amides is 1. The number of furan rings is 1. The number of likely N-dealkylation sites (tertiary alicyclic amines) is 1. The van der Waals surface area contributed by atoms with E-state index in [4.69, 9.17) is 15.9 Å². The molecule has 0 aliphatic carbocycles. The number of piperidine rings is 1. The molecule has 3 aromatic rings. The summed E-state index contributed by atoms with van der Waals surface area (Å²) in [5.41, 5.74) is 12.3. The van der Waals surface area contributed by atoms with Crippen LogP contribution in [-0.2, 0) is 4.79 Å². The molecule has 2 amide bonds. The maximum Gasteiger partial charge on any atom is 0.254 e. The number of carbonyl (C=O) groups is 2. The first-order chi connectivity index (χ1) is 12.9. The maximum atomic E-state index is 12.8. The first kappa shape index (κ1) is 17.5. The smallest absolute Gasteiger partial charge is 0.254 e. The number of amides is 2. The summed E-state index contributed by atoms with van der Waals surface area (Å²) in [7, 11) is 0. The summed E-state index contributed by atoms with van der Waals surface area (Å²) in [4.78, 5) is 30.2. The van der Waals surface area contributed by atoms with Gasteiger partial charge in [0.25, 0.3) is 5.91 Å². The number of rotatable bonds is 3. The van der Waals surface area contributed by atoms with Crippen molar-refractivity contribution in [3.8, 4) is 11.6 Å². The minimum Gasteiger partial charge on any atom is -0.446 e. The van der Waals surface area contributed by atoms with Crippen LogP contribution in [-0.4, -0.2) is 44.4 Å². The molecule has 0 saturated carbocycles. The second-order valence-corrected chi connectivity index (χ2v) is 7.23. The molecule has 4 rings (SSSR count). The molecule has 1 fully saturated rings. The average Bonchev–Trinajstić information content (AvgIpc) is 3.27. The molecule has 4 N–H and O–H groups in total. The van der Waals surface area contributed by atoms with Gasteiger partial charge in [0.2, 0.25) is 11.7 Å². The quantitative estimate of drug-likeness (QED) is 0.646. The number of nitrogens with two attached hydrogens (primary N) is 2. The van der Waals surface area contributed by atoms with Crippen molar-refractivity contribution in [1.82, 2.24) is 19.5 Å². The summed E-state index contributed by atoms with van der Waals surface area (Å²) in [6, 6.07) is 6.71. The van der Waals surface area contributed by atoms with Gasteiger partial charge in [-0.1, -0.05) is 0 Å². The van der Waals surface area contributed by atoms with Crippen molar-refractivity contribution in [2.45, 2.75) is 12.8 Å². The predicted octanol–water partition coefficient (Wildman–Crippen LogP) is 1.67. The van der Waals surface area contributed by atoms with Gasteiger partial charge in [0.05, 0.1) is 0 Å². The molecule has 27 heavy (non-hydrogen) atoms. The lowest BCUT2D eigenvalue weighted by Gasteiger charge is -2.30. The van der Waals surface area contributed by atoms with Crippen LogP contribution < -0.4 is 11.5 Å². The van der Waals surface area contributed by atoms with E-state index >= 15 is 0 Å². The summed E-state index contributed by atoms with van der Waals surface area (Å²) in [6.07, 6.45) is 1.14. The molecule has 1 saturated heterocycles. The van der Waals surface area contributed by atoms with Gasteiger partial charge in [-0.15, -0.1) is 5.10 Å². The van der Waals surface area contributed by atoms with Crippen LogP contribution in [0.2, 0.25) is 0 Å². The SMILES string of the molecule is NC(=O)C1CCN(C(=O)c2cc(N)n3nc(-c4ccc(Br)o4)nc3c2)CC1. The lowest BCUT2D eigenvalue weighted by molar-refractivity contribution is -0.123. The van der Waals surface area contributed by atoms with Crippen LogP contribution in [0.25, 0.3) is 17.2 Å². The fourth-order valence-corrected chi connectivity index (χ4v) is 3.53. The molecule has 10 heteroatoms. The number of carbonyl (C=O) groups excluding carboxylic acids is 2. The third-order valence-electron chi connectivity index (χ3n) is 4.69. The van der Waals surface area contributed by atoms with Gasteiger partial charge in [0.15, 0.2) is 16.1 Å². The number of halogens is 1. The predicted molar refractivity (Wildman–Crippen MR) is 101 cm³/mol. The van der Waals surface area contributed by atoms with Crippen LogP contribution in [0, 0.1) is 5.92 Å². The molecular formula is C17H17BrN6O3. The van der Waals surface area contributed by atoms with Crippen molar-refractivity contribution in [1.29, 1.82) is 0 Å². The zero-order valence-electron chi connectivity index (χ0n) is 14.3. The number of pyridine rings is 1. The molecule has 4 heterocycles. The van der Waals surface area contributed by atoms with E-state index in [2.05, 4.69) is 26.0 Å². The molecule has 9 nitrogen and oxygen atoms in total. The van der Waals surface area contributed by atoms with Crippen LogP contribution in [0.15, 0.2) is 33.4 Å². The van der Waals surface area contributed by atoms with Gasteiger partial charge < -0.3 is 20.8 Å². The topological polar surface area (TPSA) is 133 Å². The molecule has 0 spiro atoms. The van der Waals surface area contributed by atoms with E-state index in [-0.39, 0.29) is 17.7 Å². The third kappa shape index (κ3) is 3.27. The van der Waals surface area contributed by atoms with Crippen LogP contribution in [0.4, 0.5) is 5.82 Å². The van der Waals surface area contributed by atoms with Gasteiger partial charge in [-0.25, -0.2) is 4.98 Å². The minimum absolute atomic E-state index is 0.155. The Labute approximate surface area is 162 Å². The van der Waals surface area contributed by atoms with E-state index in [1.54, 1.807) is 29.2 Å². The Kier molecular flexibility index (Phi) is 4.34. The third-order valence-corrected chi connectivity index (χ3v) is 5.12. The molecular weight excluding hydrogens is 416 g/mol. The summed E-state index contributed by atoms with van der Waals surface area (Å²) in [6.45, 7) is 0.964. The molecule has 1 aliphatic heterocycles. The van der Waals surface area contributed by atoms with Crippen molar-refractivity contribution in [2.24, 2.45) is 11.7 Å². The zero-order chi connectivity index (χ0) is 19.1. The maximum absolute atomic E-state index is 12.8. The van der Waals surface area contributed by atoms with Crippen molar-refractivity contribution >= 4 is 39.2 Å². The normalized spacial score (nSPS) is 15.4. The van der Waals surface area contributed by atoms with E-state index in [9.17, 15) is 9.59 Å². The molecule has 140 valence electrons. The van der Waals surface area contributed by atoms with Crippen molar-refractivity contribution < 1.29 is 14.0 Å². The Morgan fingerprint density at radius 3 is 2.59 bits per heavy atom. The van der Waals surface area contributed by atoms with Crippen molar-refractivity contribution in [3.63, 3.8) is 0 Å². The fourth-order valence-electron chi connectivity index (χ4n) is 3.22. The number of anilines is 1. The Morgan fingerprint density at radius 2 is 1.96 bits per heavy atom. The average molecular weight is 433 g/mol. The van der Waals surface area contributed by atoms with Crippen LogP contribution >= 0.6 is 15.9 Å². The highest BCUT2D eigenvalue weighted by atomic mass is 79.9. The van der Waals surface area contributed by atoms with Gasteiger partial charge >= 0.3 is 0 Å². The Morgan fingerprint density at radius 1 is 1.22 bits per heavy atom. The second-order valence-electron chi connectivity index (χ2n) is 6.45. The van der Waals surface area contributed by atoms with Crippen LogP contribution in [0.1, 0.15) is 23.2 Å².